The second kappa shape index (κ2) is 8.35. The molecule has 0 aliphatic carbocycles. The zero-order valence-electron chi connectivity index (χ0n) is 15.6. The molecule has 1 aromatic rings. The second-order valence-electron chi connectivity index (χ2n) is 7.77. The van der Waals surface area contributed by atoms with Gasteiger partial charge in [-0.1, -0.05) is 0 Å². The largest absolute Gasteiger partial charge is 0.379 e. The van der Waals surface area contributed by atoms with Crippen molar-refractivity contribution in [2.24, 2.45) is 5.92 Å². The summed E-state index contributed by atoms with van der Waals surface area (Å²) in [6.07, 6.45) is 6.55. The summed E-state index contributed by atoms with van der Waals surface area (Å²) in [5.41, 5.74) is 0.722. The number of piperidine rings is 1. The molecule has 0 saturated carbocycles. The molecule has 0 bridgehead atoms. The first kappa shape index (κ1) is 17.7. The Morgan fingerprint density at radius 2 is 1.88 bits per heavy atom. The van der Waals surface area contributed by atoms with Crippen LogP contribution in [0.25, 0.3) is 0 Å². The molecule has 3 fully saturated rings. The standard InChI is InChI=1S/C20H30N4O2/c25-20(18-5-6-19(21-14-18)23-7-1-2-8-23)24-9-3-4-17(16-24)15-22-10-12-26-13-11-22/h5-6,14,17H,1-4,7-13,15-16H2. The Balaban J connectivity index is 1.34. The molecule has 3 saturated heterocycles. The zero-order valence-corrected chi connectivity index (χ0v) is 15.6. The minimum atomic E-state index is 0.136. The molecule has 26 heavy (non-hydrogen) atoms. The predicted molar refractivity (Wildman–Crippen MR) is 102 cm³/mol. The Bertz CT molecular complexity index is 594. The number of amides is 1. The Labute approximate surface area is 156 Å². The number of hydrogen-bond donors (Lipinski definition) is 0. The third-order valence-electron chi connectivity index (χ3n) is 5.85. The van der Waals surface area contributed by atoms with Gasteiger partial charge in [-0.15, -0.1) is 0 Å². The zero-order chi connectivity index (χ0) is 17.8. The van der Waals surface area contributed by atoms with E-state index in [2.05, 4.69) is 14.8 Å². The van der Waals surface area contributed by atoms with E-state index < -0.39 is 0 Å². The quantitative estimate of drug-likeness (QED) is 0.822. The summed E-state index contributed by atoms with van der Waals surface area (Å²) in [7, 11) is 0. The van der Waals surface area contributed by atoms with Crippen LogP contribution in [-0.4, -0.2) is 79.7 Å². The first-order valence-electron chi connectivity index (χ1n) is 10.1. The minimum absolute atomic E-state index is 0.136. The molecule has 0 radical (unpaired) electrons. The lowest BCUT2D eigenvalue weighted by atomic mass is 9.96. The third kappa shape index (κ3) is 4.18. The van der Waals surface area contributed by atoms with Gasteiger partial charge in [-0.25, -0.2) is 4.98 Å². The van der Waals surface area contributed by atoms with Crippen LogP contribution < -0.4 is 4.90 Å². The number of likely N-dealkylation sites (tertiary alicyclic amines) is 1. The average molecular weight is 358 g/mol. The normalized spacial score (nSPS) is 24.8. The van der Waals surface area contributed by atoms with Crippen LogP contribution in [0, 0.1) is 5.92 Å². The number of nitrogens with zero attached hydrogens (tertiary/aromatic N) is 4. The molecule has 1 amide bonds. The maximum Gasteiger partial charge on any atom is 0.255 e. The van der Waals surface area contributed by atoms with Gasteiger partial charge in [0.2, 0.25) is 0 Å². The van der Waals surface area contributed by atoms with E-state index in [-0.39, 0.29) is 5.91 Å². The molecule has 0 spiro atoms. The second-order valence-corrected chi connectivity index (χ2v) is 7.77. The van der Waals surface area contributed by atoms with Gasteiger partial charge in [-0.2, -0.15) is 0 Å². The molecule has 4 heterocycles. The highest BCUT2D eigenvalue weighted by Gasteiger charge is 2.26. The summed E-state index contributed by atoms with van der Waals surface area (Å²) in [5, 5.41) is 0. The molecule has 4 rings (SSSR count). The highest BCUT2D eigenvalue weighted by molar-refractivity contribution is 5.94. The maximum absolute atomic E-state index is 12.9. The fourth-order valence-corrected chi connectivity index (χ4v) is 4.38. The Hall–Kier alpha value is -1.66. The molecule has 6 heteroatoms. The van der Waals surface area contributed by atoms with Crippen molar-refractivity contribution < 1.29 is 9.53 Å². The fraction of sp³-hybridized carbons (Fsp3) is 0.700. The lowest BCUT2D eigenvalue weighted by Crippen LogP contribution is -2.46. The first-order chi connectivity index (χ1) is 12.8. The Morgan fingerprint density at radius 1 is 1.08 bits per heavy atom. The Morgan fingerprint density at radius 3 is 2.62 bits per heavy atom. The van der Waals surface area contributed by atoms with E-state index in [1.807, 2.05) is 17.0 Å². The molecule has 1 atom stereocenters. The van der Waals surface area contributed by atoms with E-state index in [4.69, 9.17) is 4.74 Å². The SMILES string of the molecule is O=C(c1ccc(N2CCCC2)nc1)N1CCCC(CN2CCOCC2)C1. The van der Waals surface area contributed by atoms with Crippen molar-refractivity contribution in [3.05, 3.63) is 23.9 Å². The van der Waals surface area contributed by atoms with Crippen molar-refractivity contribution in [1.82, 2.24) is 14.8 Å². The number of hydrogen-bond acceptors (Lipinski definition) is 5. The molecular formula is C20H30N4O2. The summed E-state index contributed by atoms with van der Waals surface area (Å²) in [6, 6.07) is 3.96. The highest BCUT2D eigenvalue weighted by atomic mass is 16.5. The maximum atomic E-state index is 12.9. The number of anilines is 1. The topological polar surface area (TPSA) is 48.9 Å². The van der Waals surface area contributed by atoms with Crippen LogP contribution in [0.4, 0.5) is 5.82 Å². The average Bonchev–Trinajstić information content (AvgIpc) is 3.23. The summed E-state index contributed by atoms with van der Waals surface area (Å²) >= 11 is 0. The highest BCUT2D eigenvalue weighted by Crippen LogP contribution is 2.22. The minimum Gasteiger partial charge on any atom is -0.379 e. The number of rotatable bonds is 4. The number of morpholine rings is 1. The molecule has 142 valence electrons. The van der Waals surface area contributed by atoms with Crippen LogP contribution in [0.5, 0.6) is 0 Å². The van der Waals surface area contributed by atoms with E-state index >= 15 is 0 Å². The van der Waals surface area contributed by atoms with Crippen molar-refractivity contribution in [3.8, 4) is 0 Å². The van der Waals surface area contributed by atoms with E-state index in [0.29, 0.717) is 5.92 Å². The van der Waals surface area contributed by atoms with E-state index in [1.54, 1.807) is 6.20 Å². The van der Waals surface area contributed by atoms with Crippen molar-refractivity contribution in [1.29, 1.82) is 0 Å². The van der Waals surface area contributed by atoms with Gasteiger partial charge >= 0.3 is 0 Å². The van der Waals surface area contributed by atoms with E-state index in [0.717, 1.165) is 76.8 Å². The third-order valence-corrected chi connectivity index (χ3v) is 5.85. The van der Waals surface area contributed by atoms with Crippen LogP contribution in [0.15, 0.2) is 18.3 Å². The van der Waals surface area contributed by atoms with Crippen LogP contribution in [0.1, 0.15) is 36.0 Å². The van der Waals surface area contributed by atoms with Crippen molar-refractivity contribution in [2.75, 3.05) is 63.9 Å². The first-order valence-corrected chi connectivity index (χ1v) is 10.1. The van der Waals surface area contributed by atoms with Crippen LogP contribution in [0.2, 0.25) is 0 Å². The van der Waals surface area contributed by atoms with Gasteiger partial charge in [-0.05, 0) is 43.7 Å². The summed E-state index contributed by atoms with van der Waals surface area (Å²) < 4.78 is 5.44. The number of pyridine rings is 1. The molecule has 6 nitrogen and oxygen atoms in total. The van der Waals surface area contributed by atoms with Gasteiger partial charge in [-0.3, -0.25) is 9.69 Å². The van der Waals surface area contributed by atoms with Crippen LogP contribution in [0.3, 0.4) is 0 Å². The summed E-state index contributed by atoms with van der Waals surface area (Å²) in [5.74, 6) is 1.71. The Kier molecular flexibility index (Phi) is 5.70. The molecule has 0 aromatic carbocycles. The van der Waals surface area contributed by atoms with Crippen LogP contribution >= 0.6 is 0 Å². The fourth-order valence-electron chi connectivity index (χ4n) is 4.38. The predicted octanol–water partition coefficient (Wildman–Crippen LogP) is 1.87. The van der Waals surface area contributed by atoms with Crippen LogP contribution in [-0.2, 0) is 4.74 Å². The number of ether oxygens (including phenoxy) is 1. The monoisotopic (exact) mass is 358 g/mol. The van der Waals surface area contributed by atoms with Gasteiger partial charge in [0.1, 0.15) is 5.82 Å². The van der Waals surface area contributed by atoms with Gasteiger partial charge < -0.3 is 14.5 Å². The molecule has 3 aliphatic rings. The van der Waals surface area contributed by atoms with E-state index in [9.17, 15) is 4.79 Å². The number of carbonyl (C=O) groups is 1. The van der Waals surface area contributed by atoms with Crippen molar-refractivity contribution >= 4 is 11.7 Å². The molecule has 1 aromatic heterocycles. The molecule has 0 N–H and O–H groups in total. The number of carbonyl (C=O) groups excluding carboxylic acids is 1. The molecule has 1 unspecified atom stereocenters. The number of aromatic nitrogens is 1. The molecular weight excluding hydrogens is 328 g/mol. The van der Waals surface area contributed by atoms with Gasteiger partial charge in [0.15, 0.2) is 0 Å². The van der Waals surface area contributed by atoms with Gasteiger partial charge in [0.25, 0.3) is 5.91 Å². The lowest BCUT2D eigenvalue weighted by molar-refractivity contribution is 0.0224. The summed E-state index contributed by atoms with van der Waals surface area (Å²) in [6.45, 7) is 8.69. The molecule has 3 aliphatic heterocycles. The lowest BCUT2D eigenvalue weighted by Gasteiger charge is -2.36. The van der Waals surface area contributed by atoms with Gasteiger partial charge in [0, 0.05) is 52.0 Å². The van der Waals surface area contributed by atoms with E-state index in [1.165, 1.54) is 19.3 Å². The summed E-state index contributed by atoms with van der Waals surface area (Å²) in [4.78, 5) is 24.3. The smallest absolute Gasteiger partial charge is 0.255 e. The van der Waals surface area contributed by atoms with Crippen molar-refractivity contribution in [2.45, 2.75) is 25.7 Å². The van der Waals surface area contributed by atoms with Gasteiger partial charge in [0.05, 0.1) is 18.8 Å². The van der Waals surface area contributed by atoms with Crippen molar-refractivity contribution in [3.63, 3.8) is 0 Å².